The smallest absolute Gasteiger partial charge is 0.328 e. The van der Waals surface area contributed by atoms with Gasteiger partial charge in [-0.05, 0) is 62.2 Å². The van der Waals surface area contributed by atoms with Crippen molar-refractivity contribution in [2.24, 2.45) is 34.5 Å². The molecule has 0 bridgehead atoms. The molecule has 1 aliphatic heterocycles. The molecular weight excluding hydrogens is 410 g/mol. The number of esters is 1. The molecule has 0 aromatic heterocycles. The van der Waals surface area contributed by atoms with Crippen LogP contribution in [-0.2, 0) is 28.8 Å². The van der Waals surface area contributed by atoms with Crippen LogP contribution in [-0.4, -0.2) is 48.6 Å². The number of hydroxylamine groups is 2. The third-order valence-electron chi connectivity index (χ3n) is 10.2. The van der Waals surface area contributed by atoms with E-state index in [1.165, 1.54) is 25.0 Å². The summed E-state index contributed by atoms with van der Waals surface area (Å²) in [6, 6.07) is -0.757. The summed E-state index contributed by atoms with van der Waals surface area (Å²) in [5.41, 5.74) is -0.103. The second kappa shape index (κ2) is 7.21. The number of ether oxygens (including phenoxy) is 1. The SMILES string of the molecule is COC(=O)[C@@H]1C2CC3C4CC=C5CC(=O)CC[C@]5(C)C4CC[C@]3(C)[C@]2(C(C)=O)ON1OC. The molecule has 7 nitrogen and oxygen atoms in total. The minimum Gasteiger partial charge on any atom is -0.468 e. The van der Waals surface area contributed by atoms with E-state index in [-0.39, 0.29) is 23.0 Å². The Hall–Kier alpha value is -1.57. The first-order valence-electron chi connectivity index (χ1n) is 12.0. The highest BCUT2D eigenvalue weighted by atomic mass is 17.0. The van der Waals surface area contributed by atoms with Crippen LogP contribution in [0.3, 0.4) is 0 Å². The first-order chi connectivity index (χ1) is 15.1. The Kier molecular flexibility index (Phi) is 5.01. The number of ketones is 2. The monoisotopic (exact) mass is 445 g/mol. The average molecular weight is 446 g/mol. The van der Waals surface area contributed by atoms with Gasteiger partial charge in [-0.2, -0.15) is 0 Å². The molecule has 176 valence electrons. The first kappa shape index (κ1) is 22.2. The molecule has 0 spiro atoms. The summed E-state index contributed by atoms with van der Waals surface area (Å²) in [5, 5.41) is 1.21. The van der Waals surface area contributed by atoms with Gasteiger partial charge < -0.3 is 4.74 Å². The Bertz CT molecular complexity index is 899. The first-order valence-corrected chi connectivity index (χ1v) is 12.0. The van der Waals surface area contributed by atoms with E-state index in [0.29, 0.717) is 30.5 Å². The van der Waals surface area contributed by atoms with Gasteiger partial charge in [-0.1, -0.05) is 30.7 Å². The fourth-order valence-corrected chi connectivity index (χ4v) is 8.67. The fourth-order valence-electron chi connectivity index (χ4n) is 8.67. The average Bonchev–Trinajstić information content (AvgIpc) is 3.23. The topological polar surface area (TPSA) is 82.1 Å². The maximum absolute atomic E-state index is 13.3. The lowest BCUT2D eigenvalue weighted by Gasteiger charge is -2.58. The van der Waals surface area contributed by atoms with E-state index in [1.807, 2.05) is 0 Å². The highest BCUT2D eigenvalue weighted by Crippen LogP contribution is 2.71. The third-order valence-corrected chi connectivity index (χ3v) is 10.2. The van der Waals surface area contributed by atoms with Gasteiger partial charge in [-0.3, -0.25) is 24.1 Å². The maximum atomic E-state index is 13.3. The van der Waals surface area contributed by atoms with Gasteiger partial charge in [0, 0.05) is 24.2 Å². The summed E-state index contributed by atoms with van der Waals surface area (Å²) >= 11 is 0. The highest BCUT2D eigenvalue weighted by molar-refractivity contribution is 5.90. The number of nitrogens with zero attached hydrogens (tertiary/aromatic N) is 1. The normalized spacial score (nSPS) is 47.7. The van der Waals surface area contributed by atoms with Gasteiger partial charge in [0.2, 0.25) is 0 Å². The van der Waals surface area contributed by atoms with Crippen LogP contribution in [0.5, 0.6) is 0 Å². The zero-order chi connectivity index (χ0) is 23.1. The molecule has 8 atom stereocenters. The van der Waals surface area contributed by atoms with E-state index in [2.05, 4.69) is 19.9 Å². The van der Waals surface area contributed by atoms with E-state index in [0.717, 1.165) is 32.1 Å². The van der Waals surface area contributed by atoms with Crippen molar-refractivity contribution in [1.29, 1.82) is 0 Å². The Morgan fingerprint density at radius 3 is 2.56 bits per heavy atom. The van der Waals surface area contributed by atoms with Gasteiger partial charge in [0.15, 0.2) is 17.4 Å². The Labute approximate surface area is 189 Å². The molecule has 0 aromatic carbocycles. The lowest BCUT2D eigenvalue weighted by atomic mass is 9.47. The largest absolute Gasteiger partial charge is 0.468 e. The number of allylic oxidation sites excluding steroid dienone is 2. The van der Waals surface area contributed by atoms with Gasteiger partial charge >= 0.3 is 5.97 Å². The van der Waals surface area contributed by atoms with Crippen LogP contribution in [0.4, 0.5) is 0 Å². The van der Waals surface area contributed by atoms with E-state index >= 15 is 0 Å². The molecule has 0 radical (unpaired) electrons. The number of carbonyl (C=O) groups excluding carboxylic acids is 3. The van der Waals surface area contributed by atoms with Gasteiger partial charge in [0.05, 0.1) is 14.2 Å². The minimum atomic E-state index is -1.09. The van der Waals surface area contributed by atoms with Crippen molar-refractivity contribution in [1.82, 2.24) is 5.23 Å². The number of rotatable bonds is 3. The van der Waals surface area contributed by atoms with Crippen LogP contribution in [0.1, 0.15) is 65.7 Å². The number of fused-ring (bicyclic) bond motifs is 7. The van der Waals surface area contributed by atoms with Crippen molar-refractivity contribution < 1.29 is 28.8 Å². The molecular formula is C25H35NO6. The predicted octanol–water partition coefficient (Wildman–Crippen LogP) is 3.42. The third kappa shape index (κ3) is 2.56. The quantitative estimate of drug-likeness (QED) is 0.486. The molecule has 0 aromatic rings. The molecule has 0 amide bonds. The van der Waals surface area contributed by atoms with Crippen molar-refractivity contribution in [3.63, 3.8) is 0 Å². The van der Waals surface area contributed by atoms with E-state index < -0.39 is 23.0 Å². The molecule has 4 unspecified atom stereocenters. The van der Waals surface area contributed by atoms with Crippen LogP contribution in [0.2, 0.25) is 0 Å². The summed E-state index contributed by atoms with van der Waals surface area (Å²) in [6.07, 6.45) is 8.02. The lowest BCUT2D eigenvalue weighted by molar-refractivity contribution is -0.381. The lowest BCUT2D eigenvalue weighted by Crippen LogP contribution is -2.58. The van der Waals surface area contributed by atoms with Crippen LogP contribution < -0.4 is 0 Å². The van der Waals surface area contributed by atoms with Crippen LogP contribution >= 0.6 is 0 Å². The second-order valence-corrected chi connectivity index (χ2v) is 11.1. The molecule has 32 heavy (non-hydrogen) atoms. The molecule has 3 saturated carbocycles. The second-order valence-electron chi connectivity index (χ2n) is 11.1. The van der Waals surface area contributed by atoms with Crippen molar-refractivity contribution in [3.8, 4) is 0 Å². The van der Waals surface area contributed by atoms with Gasteiger partial charge in [-0.15, -0.1) is 0 Å². The molecule has 5 rings (SSSR count). The number of carbonyl (C=O) groups is 3. The van der Waals surface area contributed by atoms with Crippen molar-refractivity contribution in [2.75, 3.05) is 14.2 Å². The molecule has 1 saturated heterocycles. The standard InChI is InChI=1S/C25H35NO6/c1-14(27)25-20(21(22(29)30-4)26(31-5)32-25)13-19-17-7-6-15-12-16(28)8-10-23(15,2)18(17)9-11-24(19,25)3/h6,17-21H,7-13H2,1-5H3/t17?,18?,19?,20?,21-,23-,24-,25+/m0/s1. The summed E-state index contributed by atoms with van der Waals surface area (Å²) < 4.78 is 5.10. The molecule has 7 heteroatoms. The Balaban J connectivity index is 1.57. The summed E-state index contributed by atoms with van der Waals surface area (Å²) in [4.78, 5) is 49.9. The maximum Gasteiger partial charge on any atom is 0.328 e. The van der Waals surface area contributed by atoms with Crippen LogP contribution in [0.15, 0.2) is 11.6 Å². The molecule has 4 aliphatic carbocycles. The van der Waals surface area contributed by atoms with E-state index in [4.69, 9.17) is 14.4 Å². The number of hydrogen-bond acceptors (Lipinski definition) is 7. The number of Topliss-reactive ketones (excluding diaryl/α,β-unsaturated/α-hetero) is 2. The van der Waals surface area contributed by atoms with Gasteiger partial charge in [0.1, 0.15) is 5.78 Å². The zero-order valence-corrected chi connectivity index (χ0v) is 19.8. The number of hydrogen-bond donors (Lipinski definition) is 0. The van der Waals surface area contributed by atoms with Crippen LogP contribution in [0, 0.1) is 34.5 Å². The van der Waals surface area contributed by atoms with E-state index in [1.54, 1.807) is 6.92 Å². The zero-order valence-electron chi connectivity index (χ0n) is 19.8. The fraction of sp³-hybridized carbons (Fsp3) is 0.800. The summed E-state index contributed by atoms with van der Waals surface area (Å²) in [7, 11) is 2.82. The van der Waals surface area contributed by atoms with Crippen LogP contribution in [0.25, 0.3) is 0 Å². The Morgan fingerprint density at radius 1 is 1.16 bits per heavy atom. The Morgan fingerprint density at radius 2 is 1.91 bits per heavy atom. The molecule has 0 N–H and O–H groups in total. The summed E-state index contributed by atoms with van der Waals surface area (Å²) in [6.45, 7) is 6.13. The molecule has 1 heterocycles. The minimum absolute atomic E-state index is 0.0408. The van der Waals surface area contributed by atoms with Crippen molar-refractivity contribution in [3.05, 3.63) is 11.6 Å². The van der Waals surface area contributed by atoms with Crippen molar-refractivity contribution >= 4 is 17.5 Å². The highest BCUT2D eigenvalue weighted by Gasteiger charge is 2.76. The summed E-state index contributed by atoms with van der Waals surface area (Å²) in [5.74, 6) is 0.735. The van der Waals surface area contributed by atoms with Crippen molar-refractivity contribution in [2.45, 2.75) is 77.4 Å². The molecule has 4 fully saturated rings. The number of methoxy groups -OCH3 is 1. The van der Waals surface area contributed by atoms with Gasteiger partial charge in [0.25, 0.3) is 0 Å². The predicted molar refractivity (Wildman–Crippen MR) is 115 cm³/mol. The van der Waals surface area contributed by atoms with Gasteiger partial charge in [-0.25, -0.2) is 0 Å². The van der Waals surface area contributed by atoms with E-state index in [9.17, 15) is 14.4 Å². The molecule has 5 aliphatic rings.